The molecule has 0 atom stereocenters. The van der Waals surface area contributed by atoms with Crippen LogP contribution in [0, 0.1) is 22.7 Å². The summed E-state index contributed by atoms with van der Waals surface area (Å²) in [6.45, 7) is 0. The molecule has 0 aromatic carbocycles. The van der Waals surface area contributed by atoms with Gasteiger partial charge in [0.05, 0.1) is 36.4 Å². The molecule has 0 aliphatic carbocycles. The first-order valence-electron chi connectivity index (χ1n) is 10.0. The number of hydrogen-bond donors (Lipinski definition) is 0. The van der Waals surface area contributed by atoms with Crippen molar-refractivity contribution in [1.82, 2.24) is 81.1 Å². The quantitative estimate of drug-likeness (QED) is 0.186. The van der Waals surface area contributed by atoms with Gasteiger partial charge in [0.25, 0.3) is 0 Å². The Hall–Kier alpha value is -6.12. The largest absolute Gasteiger partial charge is 2.00 e. The second-order valence-electron chi connectivity index (χ2n) is 5.99. The van der Waals surface area contributed by atoms with Crippen LogP contribution in [0.4, 0.5) is 0 Å². The molecule has 6 heterocycles. The smallest absolute Gasteiger partial charge is 0.412 e. The molecular weight excluding hydrogens is 588 g/mol. The summed E-state index contributed by atoms with van der Waals surface area (Å²) in [5, 5.41) is 44.1. The summed E-state index contributed by atoms with van der Waals surface area (Å²) < 4.78 is 0. The van der Waals surface area contributed by atoms with Crippen molar-refractivity contribution in [3.63, 3.8) is 0 Å². The zero-order valence-electron chi connectivity index (χ0n) is 20.3. The van der Waals surface area contributed by atoms with Gasteiger partial charge in [-0.2, -0.15) is 10.5 Å². The summed E-state index contributed by atoms with van der Waals surface area (Å²) in [5.74, 6) is 0.802. The van der Waals surface area contributed by atoms with Gasteiger partial charge in [-0.25, -0.2) is 20.2 Å². The van der Waals surface area contributed by atoms with Crippen LogP contribution in [0.25, 0.3) is 23.0 Å². The Morgan fingerprint density at radius 3 is 1.10 bits per heavy atom. The summed E-state index contributed by atoms with van der Waals surface area (Å²) in [6.07, 6.45) is 18.2. The molecule has 21 heteroatoms. The third-order valence-corrected chi connectivity index (χ3v) is 3.58. The maximum atomic E-state index is 8.19. The Bertz CT molecular complexity index is 1400. The van der Waals surface area contributed by atoms with Crippen molar-refractivity contribution in [2.45, 2.75) is 0 Å². The van der Waals surface area contributed by atoms with Gasteiger partial charge in [-0.15, -0.1) is 0 Å². The first kappa shape index (κ1) is 34.9. The van der Waals surface area contributed by atoms with Crippen LogP contribution >= 0.6 is 0 Å². The molecule has 209 valence electrons. The maximum absolute atomic E-state index is 8.19. The van der Waals surface area contributed by atoms with E-state index in [-0.39, 0.29) is 28.0 Å². The molecule has 1 radical (unpaired) electrons. The minimum atomic E-state index is 0. The van der Waals surface area contributed by atoms with Crippen LogP contribution in [0.15, 0.2) is 74.4 Å². The predicted molar refractivity (Wildman–Crippen MR) is 129 cm³/mol. The molecule has 0 spiro atoms. The zero-order valence-corrected chi connectivity index (χ0v) is 21.2. The van der Waals surface area contributed by atoms with Crippen molar-refractivity contribution >= 4 is 0 Å². The van der Waals surface area contributed by atoms with Gasteiger partial charge >= 0.3 is 17.1 Å². The van der Waals surface area contributed by atoms with E-state index < -0.39 is 0 Å². The second kappa shape index (κ2) is 20.9. The van der Waals surface area contributed by atoms with E-state index in [0.717, 1.165) is 0 Å². The number of nitriles is 2. The summed E-state index contributed by atoms with van der Waals surface area (Å²) in [4.78, 5) is 30.3. The minimum absolute atomic E-state index is 0. The van der Waals surface area contributed by atoms with E-state index in [1.54, 1.807) is 37.2 Å². The Balaban J connectivity index is 0.000000514. The van der Waals surface area contributed by atoms with Gasteiger partial charge in [0.15, 0.2) is 11.4 Å². The normalized spacial score (nSPS) is 8.34. The van der Waals surface area contributed by atoms with Crippen molar-refractivity contribution in [2.75, 3.05) is 0 Å². The molecule has 6 aromatic rings. The van der Waals surface area contributed by atoms with E-state index >= 15 is 0 Å². The van der Waals surface area contributed by atoms with Crippen LogP contribution < -0.4 is 10.4 Å². The van der Waals surface area contributed by atoms with Crippen molar-refractivity contribution in [3.05, 3.63) is 85.7 Å². The molecule has 0 bridgehead atoms. The van der Waals surface area contributed by atoms with E-state index in [2.05, 4.69) is 81.1 Å². The van der Waals surface area contributed by atoms with Crippen LogP contribution in [0.1, 0.15) is 11.4 Å². The van der Waals surface area contributed by atoms with Gasteiger partial charge < -0.3 is 21.1 Å². The SMILES string of the molecule is N#Cc1cnccn1.N#Cc1cnccn1.O.O.[Cu+2].c1cnc(-c2nn[n-]n2)cn1.c1cnc(-c2nn[n-]n2)cn1. The van der Waals surface area contributed by atoms with Crippen molar-refractivity contribution < 1.29 is 28.0 Å². The average molecular weight is 604 g/mol. The van der Waals surface area contributed by atoms with Gasteiger partial charge in [0.2, 0.25) is 0 Å². The maximum Gasteiger partial charge on any atom is 2.00 e. The first-order valence-corrected chi connectivity index (χ1v) is 10.0. The fourth-order valence-corrected chi connectivity index (χ4v) is 2.04. The molecule has 0 aliphatic rings. The van der Waals surface area contributed by atoms with Gasteiger partial charge in [-0.05, 0) is 0 Å². The Morgan fingerprint density at radius 2 is 0.878 bits per heavy atom. The van der Waals surface area contributed by atoms with Crippen molar-refractivity contribution in [2.24, 2.45) is 0 Å². The topological polar surface area (TPSA) is 319 Å². The first-order chi connectivity index (χ1) is 18.8. The summed E-state index contributed by atoms with van der Waals surface area (Å²) in [6, 6.07) is 3.71. The molecule has 0 unspecified atom stereocenters. The molecule has 20 nitrogen and oxygen atoms in total. The third-order valence-electron chi connectivity index (χ3n) is 3.58. The number of rotatable bonds is 2. The molecule has 6 rings (SSSR count). The number of hydrogen-bond acceptors (Lipinski definition) is 16. The summed E-state index contributed by atoms with van der Waals surface area (Å²) >= 11 is 0. The molecule has 0 saturated carbocycles. The zero-order chi connectivity index (χ0) is 26.7. The third kappa shape index (κ3) is 12.8. The van der Waals surface area contributed by atoms with Crippen LogP contribution in [-0.2, 0) is 17.1 Å². The molecule has 0 aliphatic heterocycles. The molecule has 4 N–H and O–H groups in total. The minimum Gasteiger partial charge on any atom is -0.412 e. The van der Waals surface area contributed by atoms with Crippen LogP contribution in [-0.4, -0.2) is 81.6 Å². The predicted octanol–water partition coefficient (Wildman–Crippen LogP) is -2.38. The second-order valence-corrected chi connectivity index (χ2v) is 5.99. The molecule has 0 amide bonds. The Labute approximate surface area is 240 Å². The molecule has 0 fully saturated rings. The van der Waals surface area contributed by atoms with Crippen LogP contribution in [0.3, 0.4) is 0 Å². The van der Waals surface area contributed by atoms with Gasteiger partial charge in [0.1, 0.15) is 23.5 Å². The van der Waals surface area contributed by atoms with Gasteiger partial charge in [-0.1, -0.05) is 0 Å². The van der Waals surface area contributed by atoms with E-state index in [0.29, 0.717) is 34.4 Å². The average Bonchev–Trinajstić information content (AvgIpc) is 3.76. The molecular formula is C20H16CuN18O2. The number of aromatic nitrogens is 16. The molecule has 0 saturated heterocycles. The Morgan fingerprint density at radius 1 is 0.512 bits per heavy atom. The van der Waals surface area contributed by atoms with E-state index in [1.165, 1.54) is 37.2 Å². The summed E-state index contributed by atoms with van der Waals surface area (Å²) in [7, 11) is 0. The van der Waals surface area contributed by atoms with Gasteiger partial charge in [0, 0.05) is 49.6 Å². The monoisotopic (exact) mass is 603 g/mol. The fraction of sp³-hybridized carbons (Fsp3) is 0. The standard InChI is InChI=1S/2C5H3N6.2C5H3N3.Cu.2H2O/c2*1-2-7-4(3-6-1)5-8-10-11-9-5;2*6-3-5-4-7-1-2-8-5;;;/h2*1-3H;2*1-2,4H;;2*1H2/q2*-1;;;+2;;. The van der Waals surface area contributed by atoms with Crippen molar-refractivity contribution in [3.8, 4) is 35.2 Å². The van der Waals surface area contributed by atoms with Crippen molar-refractivity contribution in [1.29, 1.82) is 10.5 Å². The van der Waals surface area contributed by atoms with E-state index in [1.807, 2.05) is 12.1 Å². The fourth-order valence-electron chi connectivity index (χ4n) is 2.04. The number of tetrazole rings is 2. The molecule has 6 aromatic heterocycles. The summed E-state index contributed by atoms with van der Waals surface area (Å²) in [5.41, 5.74) is 1.87. The molecule has 41 heavy (non-hydrogen) atoms. The van der Waals surface area contributed by atoms with E-state index in [9.17, 15) is 0 Å². The van der Waals surface area contributed by atoms with E-state index in [4.69, 9.17) is 10.5 Å². The van der Waals surface area contributed by atoms with Crippen LogP contribution in [0.2, 0.25) is 0 Å². The number of nitrogens with zero attached hydrogens (tertiary/aromatic N) is 18. The van der Waals surface area contributed by atoms with Gasteiger partial charge in [-0.3, -0.25) is 50.8 Å². The van der Waals surface area contributed by atoms with Crippen LogP contribution in [0.5, 0.6) is 0 Å². The Kier molecular flexibility index (Phi) is 17.8.